The van der Waals surface area contributed by atoms with Crippen LogP contribution in [-0.4, -0.2) is 6.54 Å². The second-order valence-corrected chi connectivity index (χ2v) is 4.61. The molecule has 1 aromatic rings. The van der Waals surface area contributed by atoms with E-state index in [4.69, 9.17) is 5.73 Å². The summed E-state index contributed by atoms with van der Waals surface area (Å²) in [6.07, 6.45) is 4.29. The van der Waals surface area contributed by atoms with Crippen LogP contribution in [0.25, 0.3) is 0 Å². The van der Waals surface area contributed by atoms with Crippen LogP contribution in [0.2, 0.25) is 0 Å². The minimum atomic E-state index is -0.0225. The van der Waals surface area contributed by atoms with Crippen molar-refractivity contribution in [2.45, 2.75) is 38.0 Å². The first kappa shape index (κ1) is 10.6. The Balaban J connectivity index is 2.38. The molecule has 15 heavy (non-hydrogen) atoms. The molecule has 0 bridgehead atoms. The first-order valence-corrected chi connectivity index (χ1v) is 5.65. The Labute approximate surface area is 90.5 Å². The SMILES string of the molecule is Cc1cccc(C2(CCN)CCC2)c1F. The molecule has 0 unspecified atom stereocenters. The number of benzene rings is 1. The first-order valence-electron chi connectivity index (χ1n) is 5.65. The van der Waals surface area contributed by atoms with Gasteiger partial charge in [0.2, 0.25) is 0 Å². The van der Waals surface area contributed by atoms with Gasteiger partial charge in [0.25, 0.3) is 0 Å². The molecule has 1 aromatic carbocycles. The topological polar surface area (TPSA) is 26.0 Å². The van der Waals surface area contributed by atoms with Gasteiger partial charge in [-0.05, 0) is 49.3 Å². The molecule has 1 aliphatic carbocycles. The summed E-state index contributed by atoms with van der Waals surface area (Å²) >= 11 is 0. The Morgan fingerprint density at radius 2 is 2.13 bits per heavy atom. The van der Waals surface area contributed by atoms with E-state index in [1.54, 1.807) is 0 Å². The highest BCUT2D eigenvalue weighted by atomic mass is 19.1. The van der Waals surface area contributed by atoms with Crippen LogP contribution in [0.3, 0.4) is 0 Å². The number of aryl methyl sites for hydroxylation is 1. The molecule has 2 heteroatoms. The summed E-state index contributed by atoms with van der Waals surface area (Å²) in [5.74, 6) is -0.0225. The summed E-state index contributed by atoms with van der Waals surface area (Å²) in [7, 11) is 0. The van der Waals surface area contributed by atoms with Crippen molar-refractivity contribution < 1.29 is 4.39 Å². The summed E-state index contributed by atoms with van der Waals surface area (Å²) in [6, 6.07) is 5.70. The summed E-state index contributed by atoms with van der Waals surface area (Å²) < 4.78 is 14.0. The molecule has 2 N–H and O–H groups in total. The van der Waals surface area contributed by atoms with Crippen molar-refractivity contribution in [1.82, 2.24) is 0 Å². The van der Waals surface area contributed by atoms with E-state index in [1.807, 2.05) is 25.1 Å². The normalized spacial score (nSPS) is 18.6. The quantitative estimate of drug-likeness (QED) is 0.810. The highest BCUT2D eigenvalue weighted by molar-refractivity contribution is 5.33. The molecule has 1 aliphatic rings. The highest BCUT2D eigenvalue weighted by Gasteiger charge is 2.39. The summed E-state index contributed by atoms with van der Waals surface area (Å²) in [5, 5.41) is 0. The van der Waals surface area contributed by atoms with Gasteiger partial charge >= 0.3 is 0 Å². The van der Waals surface area contributed by atoms with E-state index in [2.05, 4.69) is 0 Å². The third kappa shape index (κ3) is 1.67. The van der Waals surface area contributed by atoms with Gasteiger partial charge in [-0.1, -0.05) is 24.6 Å². The van der Waals surface area contributed by atoms with Crippen molar-refractivity contribution >= 4 is 0 Å². The largest absolute Gasteiger partial charge is 0.330 e. The smallest absolute Gasteiger partial charge is 0.129 e. The zero-order chi connectivity index (χ0) is 10.9. The third-order valence-corrected chi connectivity index (χ3v) is 3.70. The average molecular weight is 207 g/mol. The van der Waals surface area contributed by atoms with E-state index in [1.165, 1.54) is 6.42 Å². The molecule has 0 aromatic heterocycles. The summed E-state index contributed by atoms with van der Waals surface area (Å²) in [5.41, 5.74) is 7.31. The molecular formula is C13H18FN. The molecule has 0 saturated heterocycles. The average Bonchev–Trinajstić information content (AvgIpc) is 2.17. The molecule has 0 atom stereocenters. The van der Waals surface area contributed by atoms with E-state index in [0.717, 1.165) is 30.4 Å². The minimum absolute atomic E-state index is 0.0225. The summed E-state index contributed by atoms with van der Waals surface area (Å²) in [4.78, 5) is 0. The predicted octanol–water partition coefficient (Wildman–Crippen LogP) is 2.90. The Kier molecular flexibility index (Phi) is 2.79. The van der Waals surface area contributed by atoms with Crippen molar-refractivity contribution in [3.63, 3.8) is 0 Å². The standard InChI is InChI=1S/C13H18FN/c1-10-4-2-5-11(12(10)14)13(8-9-15)6-3-7-13/h2,4-5H,3,6-9,15H2,1H3. The lowest BCUT2D eigenvalue weighted by molar-refractivity contribution is 0.221. The predicted molar refractivity (Wildman–Crippen MR) is 60.3 cm³/mol. The Bertz CT molecular complexity index is 356. The fraction of sp³-hybridized carbons (Fsp3) is 0.538. The van der Waals surface area contributed by atoms with Crippen LogP contribution >= 0.6 is 0 Å². The first-order chi connectivity index (χ1) is 7.19. The van der Waals surface area contributed by atoms with Crippen molar-refractivity contribution in [1.29, 1.82) is 0 Å². The van der Waals surface area contributed by atoms with Crippen LogP contribution in [0, 0.1) is 12.7 Å². The van der Waals surface area contributed by atoms with Gasteiger partial charge in [-0.25, -0.2) is 4.39 Å². The maximum atomic E-state index is 14.0. The number of nitrogens with two attached hydrogens (primary N) is 1. The number of hydrogen-bond donors (Lipinski definition) is 1. The molecule has 1 saturated carbocycles. The maximum Gasteiger partial charge on any atom is 0.129 e. The molecule has 0 amide bonds. The monoisotopic (exact) mass is 207 g/mol. The second kappa shape index (κ2) is 3.93. The Morgan fingerprint density at radius 3 is 2.67 bits per heavy atom. The van der Waals surface area contributed by atoms with Gasteiger partial charge in [-0.15, -0.1) is 0 Å². The molecule has 0 radical (unpaired) electrons. The molecule has 82 valence electrons. The lowest BCUT2D eigenvalue weighted by Crippen LogP contribution is -2.37. The number of halogens is 1. The van der Waals surface area contributed by atoms with Gasteiger partial charge < -0.3 is 5.73 Å². The Hall–Kier alpha value is -0.890. The third-order valence-electron chi connectivity index (χ3n) is 3.70. The lowest BCUT2D eigenvalue weighted by atomic mass is 9.62. The van der Waals surface area contributed by atoms with Crippen LogP contribution in [-0.2, 0) is 5.41 Å². The molecule has 1 fully saturated rings. The zero-order valence-electron chi connectivity index (χ0n) is 9.22. The van der Waals surface area contributed by atoms with E-state index < -0.39 is 0 Å². The van der Waals surface area contributed by atoms with Crippen LogP contribution in [0.4, 0.5) is 4.39 Å². The maximum absolute atomic E-state index is 14.0. The fourth-order valence-electron chi connectivity index (χ4n) is 2.59. The zero-order valence-corrected chi connectivity index (χ0v) is 9.22. The highest BCUT2D eigenvalue weighted by Crippen LogP contribution is 2.47. The van der Waals surface area contributed by atoms with Crippen molar-refractivity contribution in [3.8, 4) is 0 Å². The minimum Gasteiger partial charge on any atom is -0.330 e. The van der Waals surface area contributed by atoms with Gasteiger partial charge in [0.05, 0.1) is 0 Å². The van der Waals surface area contributed by atoms with Crippen LogP contribution in [0.1, 0.15) is 36.8 Å². The number of hydrogen-bond acceptors (Lipinski definition) is 1. The molecule has 1 nitrogen and oxygen atoms in total. The Morgan fingerprint density at radius 1 is 1.40 bits per heavy atom. The van der Waals surface area contributed by atoms with Gasteiger partial charge in [-0.2, -0.15) is 0 Å². The van der Waals surface area contributed by atoms with Gasteiger partial charge in [0.1, 0.15) is 5.82 Å². The van der Waals surface area contributed by atoms with Crippen molar-refractivity contribution in [2.24, 2.45) is 5.73 Å². The van der Waals surface area contributed by atoms with Gasteiger partial charge in [0.15, 0.2) is 0 Å². The second-order valence-electron chi connectivity index (χ2n) is 4.61. The van der Waals surface area contributed by atoms with E-state index in [9.17, 15) is 4.39 Å². The molecule has 2 rings (SSSR count). The van der Waals surface area contributed by atoms with E-state index in [0.29, 0.717) is 6.54 Å². The number of rotatable bonds is 3. The van der Waals surface area contributed by atoms with Gasteiger partial charge in [0, 0.05) is 0 Å². The molecule has 0 aliphatic heterocycles. The lowest BCUT2D eigenvalue weighted by Gasteiger charge is -2.42. The molecule has 0 spiro atoms. The van der Waals surface area contributed by atoms with Crippen LogP contribution < -0.4 is 5.73 Å². The van der Waals surface area contributed by atoms with Crippen molar-refractivity contribution in [2.75, 3.05) is 6.54 Å². The van der Waals surface area contributed by atoms with E-state index >= 15 is 0 Å². The molecule has 0 heterocycles. The molecular weight excluding hydrogens is 189 g/mol. The fourth-order valence-corrected chi connectivity index (χ4v) is 2.59. The van der Waals surface area contributed by atoms with Crippen LogP contribution in [0.5, 0.6) is 0 Å². The summed E-state index contributed by atoms with van der Waals surface area (Å²) in [6.45, 7) is 2.47. The van der Waals surface area contributed by atoms with Gasteiger partial charge in [-0.3, -0.25) is 0 Å². The van der Waals surface area contributed by atoms with Crippen LogP contribution in [0.15, 0.2) is 18.2 Å². The van der Waals surface area contributed by atoms with Crippen molar-refractivity contribution in [3.05, 3.63) is 35.1 Å². The van der Waals surface area contributed by atoms with E-state index in [-0.39, 0.29) is 11.2 Å².